The van der Waals surface area contributed by atoms with Crippen molar-refractivity contribution in [3.63, 3.8) is 0 Å². The lowest BCUT2D eigenvalue weighted by Gasteiger charge is -2.15. The number of rotatable bonds is 4. The summed E-state index contributed by atoms with van der Waals surface area (Å²) in [5.74, 6) is -1.24. The Balaban J connectivity index is 3.22. The normalized spacial score (nSPS) is 11.5. The fourth-order valence-corrected chi connectivity index (χ4v) is 1.82. The van der Waals surface area contributed by atoms with Crippen molar-refractivity contribution in [2.24, 2.45) is 0 Å². The molecule has 0 spiro atoms. The first-order valence-electron chi connectivity index (χ1n) is 4.47. The third-order valence-corrected chi connectivity index (χ3v) is 3.61. The molecule has 94 valence electrons. The standard InChI is InChI=1S/C9H11ClN2O4S/c1-12(2)17(15,16)11-8-5-6(10)3-4-7(8)9(13)14/h3-5,11H,1-2H3,(H,13,14). The van der Waals surface area contributed by atoms with Gasteiger partial charge in [-0.3, -0.25) is 4.72 Å². The van der Waals surface area contributed by atoms with Crippen molar-refractivity contribution >= 4 is 33.5 Å². The van der Waals surface area contributed by atoms with Gasteiger partial charge in [-0.15, -0.1) is 0 Å². The number of hydrogen-bond acceptors (Lipinski definition) is 3. The second kappa shape index (κ2) is 4.91. The Kier molecular flexibility index (Phi) is 3.97. The van der Waals surface area contributed by atoms with Gasteiger partial charge in [-0.1, -0.05) is 11.6 Å². The fourth-order valence-electron chi connectivity index (χ4n) is 1.02. The van der Waals surface area contributed by atoms with Crippen molar-refractivity contribution in [1.82, 2.24) is 4.31 Å². The summed E-state index contributed by atoms with van der Waals surface area (Å²) in [4.78, 5) is 10.9. The maximum Gasteiger partial charge on any atom is 0.337 e. The zero-order chi connectivity index (χ0) is 13.2. The van der Waals surface area contributed by atoms with Crippen LogP contribution in [0.25, 0.3) is 0 Å². The first-order valence-corrected chi connectivity index (χ1v) is 6.29. The highest BCUT2D eigenvalue weighted by atomic mass is 35.5. The SMILES string of the molecule is CN(C)S(=O)(=O)Nc1cc(Cl)ccc1C(=O)O. The second-order valence-corrected chi connectivity index (χ2v) is 5.71. The molecule has 0 atom stereocenters. The van der Waals surface area contributed by atoms with E-state index >= 15 is 0 Å². The van der Waals surface area contributed by atoms with E-state index in [4.69, 9.17) is 16.7 Å². The zero-order valence-electron chi connectivity index (χ0n) is 9.14. The van der Waals surface area contributed by atoms with Crippen LogP contribution in [0.1, 0.15) is 10.4 Å². The van der Waals surface area contributed by atoms with Gasteiger partial charge in [0.1, 0.15) is 0 Å². The van der Waals surface area contributed by atoms with E-state index in [-0.39, 0.29) is 16.3 Å². The molecule has 0 saturated heterocycles. The monoisotopic (exact) mass is 278 g/mol. The molecule has 8 heteroatoms. The van der Waals surface area contributed by atoms with E-state index < -0.39 is 16.2 Å². The van der Waals surface area contributed by atoms with Crippen molar-refractivity contribution < 1.29 is 18.3 Å². The lowest BCUT2D eigenvalue weighted by Crippen LogP contribution is -2.29. The lowest BCUT2D eigenvalue weighted by atomic mass is 10.2. The highest BCUT2D eigenvalue weighted by Gasteiger charge is 2.18. The quantitative estimate of drug-likeness (QED) is 0.868. The first kappa shape index (κ1) is 13.8. The minimum Gasteiger partial charge on any atom is -0.478 e. The molecule has 1 rings (SSSR count). The number of nitrogens with zero attached hydrogens (tertiary/aromatic N) is 1. The summed E-state index contributed by atoms with van der Waals surface area (Å²) < 4.78 is 26.2. The molecule has 0 aliphatic rings. The lowest BCUT2D eigenvalue weighted by molar-refractivity contribution is 0.0698. The molecule has 1 aromatic rings. The summed E-state index contributed by atoms with van der Waals surface area (Å²) >= 11 is 5.69. The molecular weight excluding hydrogens is 268 g/mol. The van der Waals surface area contributed by atoms with Crippen molar-refractivity contribution in [2.45, 2.75) is 0 Å². The molecule has 0 saturated carbocycles. The first-order chi connectivity index (χ1) is 7.74. The summed E-state index contributed by atoms with van der Waals surface area (Å²) in [6, 6.07) is 3.85. The van der Waals surface area contributed by atoms with Crippen LogP contribution in [-0.4, -0.2) is 37.9 Å². The summed E-state index contributed by atoms with van der Waals surface area (Å²) in [7, 11) is -1.11. The molecule has 6 nitrogen and oxygen atoms in total. The molecule has 0 bridgehead atoms. The minimum atomic E-state index is -3.76. The summed E-state index contributed by atoms with van der Waals surface area (Å²) in [6.45, 7) is 0. The molecule has 0 unspecified atom stereocenters. The highest BCUT2D eigenvalue weighted by Crippen LogP contribution is 2.22. The van der Waals surface area contributed by atoms with Gasteiger partial charge in [0.15, 0.2) is 0 Å². The van der Waals surface area contributed by atoms with Crippen LogP contribution >= 0.6 is 11.6 Å². The van der Waals surface area contributed by atoms with E-state index in [9.17, 15) is 13.2 Å². The van der Waals surface area contributed by atoms with E-state index in [0.717, 1.165) is 4.31 Å². The van der Waals surface area contributed by atoms with Crippen LogP contribution in [0.4, 0.5) is 5.69 Å². The van der Waals surface area contributed by atoms with Crippen molar-refractivity contribution in [3.05, 3.63) is 28.8 Å². The third-order valence-electron chi connectivity index (χ3n) is 1.93. The zero-order valence-corrected chi connectivity index (χ0v) is 10.7. The van der Waals surface area contributed by atoms with Crippen LogP contribution in [0.3, 0.4) is 0 Å². The number of aromatic carboxylic acids is 1. The van der Waals surface area contributed by atoms with Crippen molar-refractivity contribution in [3.8, 4) is 0 Å². The van der Waals surface area contributed by atoms with E-state index in [2.05, 4.69) is 4.72 Å². The molecule has 0 radical (unpaired) electrons. The van der Waals surface area contributed by atoms with Gasteiger partial charge in [0.2, 0.25) is 0 Å². The Labute approximate surface area is 104 Å². The van der Waals surface area contributed by atoms with Crippen LogP contribution in [0.2, 0.25) is 5.02 Å². The molecule has 0 amide bonds. The summed E-state index contributed by atoms with van der Waals surface area (Å²) in [5.41, 5.74) is -0.237. The number of halogens is 1. The predicted molar refractivity (Wildman–Crippen MR) is 64.6 cm³/mol. The Morgan fingerprint density at radius 1 is 1.41 bits per heavy atom. The topological polar surface area (TPSA) is 86.7 Å². The molecule has 0 heterocycles. The molecular formula is C9H11ClN2O4S. The molecule has 1 aromatic carbocycles. The fraction of sp³-hybridized carbons (Fsp3) is 0.222. The Bertz CT molecular complexity index is 542. The predicted octanol–water partition coefficient (Wildman–Crippen LogP) is 1.26. The van der Waals surface area contributed by atoms with Gasteiger partial charge >= 0.3 is 16.2 Å². The van der Waals surface area contributed by atoms with Crippen molar-refractivity contribution in [1.29, 1.82) is 0 Å². The van der Waals surface area contributed by atoms with Gasteiger partial charge in [-0.05, 0) is 18.2 Å². The highest BCUT2D eigenvalue weighted by molar-refractivity contribution is 7.90. The molecule has 17 heavy (non-hydrogen) atoms. The molecule has 0 aromatic heterocycles. The second-order valence-electron chi connectivity index (χ2n) is 3.38. The number of anilines is 1. The number of carboxylic acid groups (broad SMARTS) is 1. The molecule has 2 N–H and O–H groups in total. The third kappa shape index (κ3) is 3.32. The van der Waals surface area contributed by atoms with Crippen LogP contribution in [0.5, 0.6) is 0 Å². The van der Waals surface area contributed by atoms with E-state index in [1.807, 2.05) is 0 Å². The van der Waals surface area contributed by atoms with Gasteiger partial charge in [-0.2, -0.15) is 12.7 Å². The Morgan fingerprint density at radius 3 is 2.47 bits per heavy atom. The number of nitrogens with one attached hydrogen (secondary N) is 1. The van der Waals surface area contributed by atoms with Gasteiger partial charge in [0, 0.05) is 19.1 Å². The summed E-state index contributed by atoms with van der Waals surface area (Å²) in [6.07, 6.45) is 0. The van der Waals surface area contributed by atoms with Gasteiger partial charge in [0.05, 0.1) is 11.3 Å². The molecule has 0 aliphatic carbocycles. The average Bonchev–Trinajstić information content (AvgIpc) is 2.15. The van der Waals surface area contributed by atoms with Crippen molar-refractivity contribution in [2.75, 3.05) is 18.8 Å². The summed E-state index contributed by atoms with van der Waals surface area (Å²) in [5, 5.41) is 9.14. The van der Waals surface area contributed by atoms with Crippen LogP contribution < -0.4 is 4.72 Å². The van der Waals surface area contributed by atoms with Crippen LogP contribution in [0.15, 0.2) is 18.2 Å². The maximum absolute atomic E-state index is 11.6. The largest absolute Gasteiger partial charge is 0.478 e. The minimum absolute atomic E-state index is 0.0706. The van der Waals surface area contributed by atoms with E-state index in [1.165, 1.54) is 32.3 Å². The number of carboxylic acids is 1. The van der Waals surface area contributed by atoms with Crippen LogP contribution in [-0.2, 0) is 10.2 Å². The maximum atomic E-state index is 11.6. The Morgan fingerprint density at radius 2 is 2.00 bits per heavy atom. The number of carbonyl (C=O) groups is 1. The average molecular weight is 279 g/mol. The number of hydrogen-bond donors (Lipinski definition) is 2. The molecule has 0 fully saturated rings. The van der Waals surface area contributed by atoms with Gasteiger partial charge in [-0.25, -0.2) is 4.79 Å². The smallest absolute Gasteiger partial charge is 0.337 e. The Hall–Kier alpha value is -1.31. The molecule has 0 aliphatic heterocycles. The van der Waals surface area contributed by atoms with E-state index in [1.54, 1.807) is 0 Å². The van der Waals surface area contributed by atoms with E-state index in [0.29, 0.717) is 0 Å². The number of benzene rings is 1. The van der Waals surface area contributed by atoms with Gasteiger partial charge in [0.25, 0.3) is 0 Å². The van der Waals surface area contributed by atoms with Crippen LogP contribution in [0, 0.1) is 0 Å². The van der Waals surface area contributed by atoms with Gasteiger partial charge < -0.3 is 5.11 Å².